The second-order valence-corrected chi connectivity index (χ2v) is 7.99. The molecule has 0 saturated heterocycles. The van der Waals surface area contributed by atoms with E-state index in [1.54, 1.807) is 10.5 Å². The third kappa shape index (κ3) is 3.24. The highest BCUT2D eigenvalue weighted by molar-refractivity contribution is 7.17. The zero-order chi connectivity index (χ0) is 18.3. The molecule has 0 bridgehead atoms. The number of halogens is 2. The Morgan fingerprint density at radius 2 is 2.04 bits per heavy atom. The molecule has 1 aromatic carbocycles. The summed E-state index contributed by atoms with van der Waals surface area (Å²) < 4.78 is 6.95. The Morgan fingerprint density at radius 3 is 2.85 bits per heavy atom. The molecule has 134 valence electrons. The van der Waals surface area contributed by atoms with Crippen LogP contribution in [0.4, 0.5) is 0 Å². The first kappa shape index (κ1) is 17.5. The second kappa shape index (κ2) is 7.02. The maximum atomic E-state index is 12.5. The van der Waals surface area contributed by atoms with Gasteiger partial charge in [-0.2, -0.15) is 0 Å². The van der Waals surface area contributed by atoms with E-state index in [4.69, 9.17) is 27.9 Å². The number of rotatable bonds is 3. The molecule has 0 saturated carbocycles. The summed E-state index contributed by atoms with van der Waals surface area (Å²) in [5.74, 6) is -0.584. The van der Waals surface area contributed by atoms with Gasteiger partial charge in [0.05, 0.1) is 16.3 Å². The minimum absolute atomic E-state index is 0.0912. The van der Waals surface area contributed by atoms with E-state index in [1.807, 2.05) is 0 Å². The third-order valence-electron chi connectivity index (χ3n) is 4.32. The molecule has 0 aliphatic heterocycles. The van der Waals surface area contributed by atoms with Crippen molar-refractivity contribution in [2.75, 3.05) is 0 Å². The summed E-state index contributed by atoms with van der Waals surface area (Å²) in [6.07, 6.45) is 4.12. The summed E-state index contributed by atoms with van der Waals surface area (Å²) in [4.78, 5) is 31.1. The number of carbonyl (C=O) groups is 1. The van der Waals surface area contributed by atoms with Crippen molar-refractivity contribution in [2.24, 2.45) is 0 Å². The molecule has 2 heterocycles. The SMILES string of the molecule is O=C(OCc1cc(=O)n2c3c(sc2n1)CCCC3)c1ccc(Cl)cc1Cl. The highest BCUT2D eigenvalue weighted by Gasteiger charge is 2.19. The van der Waals surface area contributed by atoms with Crippen molar-refractivity contribution in [2.45, 2.75) is 32.3 Å². The third-order valence-corrected chi connectivity index (χ3v) is 6.01. The van der Waals surface area contributed by atoms with E-state index in [0.717, 1.165) is 31.4 Å². The molecule has 0 radical (unpaired) electrons. The standard InChI is InChI=1S/C18H14Cl2N2O3S/c19-10-5-6-12(13(20)7-10)17(24)25-9-11-8-16(23)22-14-3-1-2-4-15(14)26-18(22)21-11/h5-8H,1-4,9H2. The molecule has 0 fully saturated rings. The van der Waals surface area contributed by atoms with Crippen molar-refractivity contribution >= 4 is 45.5 Å². The molecular formula is C18H14Cl2N2O3S. The molecule has 0 amide bonds. The van der Waals surface area contributed by atoms with E-state index in [1.165, 1.54) is 34.4 Å². The molecule has 8 heteroatoms. The summed E-state index contributed by atoms with van der Waals surface area (Å²) in [7, 11) is 0. The molecule has 4 rings (SSSR count). The number of carbonyl (C=O) groups excluding carboxylic acids is 1. The van der Waals surface area contributed by atoms with Crippen molar-refractivity contribution in [3.63, 3.8) is 0 Å². The van der Waals surface area contributed by atoms with Crippen LogP contribution >= 0.6 is 34.5 Å². The fraction of sp³-hybridized carbons (Fsp3) is 0.278. The van der Waals surface area contributed by atoms with Crippen LogP contribution in [0.2, 0.25) is 10.0 Å². The Balaban J connectivity index is 1.58. The highest BCUT2D eigenvalue weighted by atomic mass is 35.5. The van der Waals surface area contributed by atoms with E-state index in [0.29, 0.717) is 15.7 Å². The maximum absolute atomic E-state index is 12.5. The molecule has 0 unspecified atom stereocenters. The maximum Gasteiger partial charge on any atom is 0.340 e. The predicted molar refractivity (Wildman–Crippen MR) is 102 cm³/mol. The predicted octanol–water partition coefficient (Wildman–Crippen LogP) is 4.30. The number of ether oxygens (including phenoxy) is 1. The van der Waals surface area contributed by atoms with Crippen molar-refractivity contribution < 1.29 is 9.53 Å². The minimum Gasteiger partial charge on any atom is -0.456 e. The van der Waals surface area contributed by atoms with Gasteiger partial charge in [0.25, 0.3) is 5.56 Å². The van der Waals surface area contributed by atoms with Crippen molar-refractivity contribution in [1.82, 2.24) is 9.38 Å². The number of aryl methyl sites for hydroxylation is 2. The summed E-state index contributed by atoms with van der Waals surface area (Å²) in [6, 6.07) is 5.97. The average molecular weight is 409 g/mol. The topological polar surface area (TPSA) is 60.7 Å². The van der Waals surface area contributed by atoms with Crippen LogP contribution in [0.5, 0.6) is 0 Å². The summed E-state index contributed by atoms with van der Waals surface area (Å²) >= 11 is 13.4. The molecule has 26 heavy (non-hydrogen) atoms. The molecular weight excluding hydrogens is 395 g/mol. The molecule has 0 spiro atoms. The normalized spacial score (nSPS) is 13.6. The van der Waals surface area contributed by atoms with Crippen LogP contribution in [-0.2, 0) is 24.2 Å². The molecule has 1 aliphatic carbocycles. The van der Waals surface area contributed by atoms with Gasteiger partial charge in [-0.25, -0.2) is 9.78 Å². The van der Waals surface area contributed by atoms with E-state index in [9.17, 15) is 9.59 Å². The first-order valence-electron chi connectivity index (χ1n) is 8.18. The van der Waals surface area contributed by atoms with Gasteiger partial charge in [-0.15, -0.1) is 11.3 Å². The van der Waals surface area contributed by atoms with E-state index in [2.05, 4.69) is 4.98 Å². The van der Waals surface area contributed by atoms with Crippen LogP contribution in [-0.4, -0.2) is 15.4 Å². The fourth-order valence-corrected chi connectivity index (χ4v) is 4.81. The smallest absolute Gasteiger partial charge is 0.340 e. The van der Waals surface area contributed by atoms with Crippen LogP contribution in [0.1, 0.15) is 39.5 Å². The number of hydrogen-bond donors (Lipinski definition) is 0. The average Bonchev–Trinajstić information content (AvgIpc) is 2.98. The van der Waals surface area contributed by atoms with E-state index < -0.39 is 5.97 Å². The van der Waals surface area contributed by atoms with Crippen LogP contribution in [0.25, 0.3) is 4.96 Å². The minimum atomic E-state index is -0.584. The monoisotopic (exact) mass is 408 g/mol. The molecule has 2 aromatic heterocycles. The molecule has 3 aromatic rings. The first-order valence-corrected chi connectivity index (χ1v) is 9.75. The zero-order valence-corrected chi connectivity index (χ0v) is 16.0. The van der Waals surface area contributed by atoms with Gasteiger partial charge >= 0.3 is 5.97 Å². The molecule has 1 aliphatic rings. The van der Waals surface area contributed by atoms with E-state index in [-0.39, 0.29) is 22.8 Å². The van der Waals surface area contributed by atoms with Crippen LogP contribution in [0.15, 0.2) is 29.1 Å². The number of nitrogens with zero attached hydrogens (tertiary/aromatic N) is 2. The lowest BCUT2D eigenvalue weighted by atomic mass is 10.0. The van der Waals surface area contributed by atoms with Gasteiger partial charge < -0.3 is 4.74 Å². The van der Waals surface area contributed by atoms with E-state index >= 15 is 0 Å². The van der Waals surface area contributed by atoms with Crippen LogP contribution in [0, 0.1) is 0 Å². The zero-order valence-electron chi connectivity index (χ0n) is 13.6. The number of fused-ring (bicyclic) bond motifs is 3. The molecule has 0 atom stereocenters. The number of hydrogen-bond acceptors (Lipinski definition) is 5. The first-order chi connectivity index (χ1) is 12.5. The largest absolute Gasteiger partial charge is 0.456 e. The summed E-state index contributed by atoms with van der Waals surface area (Å²) in [5.41, 5.74) is 1.59. The van der Waals surface area contributed by atoms with Gasteiger partial charge in [-0.05, 0) is 43.9 Å². The van der Waals surface area contributed by atoms with Gasteiger partial charge in [0.15, 0.2) is 4.96 Å². The highest BCUT2D eigenvalue weighted by Crippen LogP contribution is 2.28. The lowest BCUT2D eigenvalue weighted by Crippen LogP contribution is -2.18. The van der Waals surface area contributed by atoms with Gasteiger partial charge in [0, 0.05) is 21.7 Å². The van der Waals surface area contributed by atoms with Gasteiger partial charge in [-0.3, -0.25) is 9.20 Å². The fourth-order valence-electron chi connectivity index (χ4n) is 3.09. The van der Waals surface area contributed by atoms with Crippen LogP contribution < -0.4 is 5.56 Å². The summed E-state index contributed by atoms with van der Waals surface area (Å²) in [5, 5.41) is 0.658. The lowest BCUT2D eigenvalue weighted by molar-refractivity contribution is 0.0468. The van der Waals surface area contributed by atoms with Crippen molar-refractivity contribution in [1.29, 1.82) is 0 Å². The molecule has 5 nitrogen and oxygen atoms in total. The Labute approximate surface area is 163 Å². The molecule has 0 N–H and O–H groups in total. The Morgan fingerprint density at radius 1 is 1.23 bits per heavy atom. The Kier molecular flexibility index (Phi) is 4.73. The van der Waals surface area contributed by atoms with Crippen molar-refractivity contribution in [3.8, 4) is 0 Å². The Bertz CT molecular complexity index is 1070. The number of thiazole rings is 1. The second-order valence-electron chi connectivity index (χ2n) is 6.08. The van der Waals surface area contributed by atoms with Crippen LogP contribution in [0.3, 0.4) is 0 Å². The lowest BCUT2D eigenvalue weighted by Gasteiger charge is -2.10. The number of aromatic nitrogens is 2. The summed E-state index contributed by atoms with van der Waals surface area (Å²) in [6.45, 7) is -0.0912. The van der Waals surface area contributed by atoms with Crippen molar-refractivity contribution in [3.05, 3.63) is 66.5 Å². The van der Waals surface area contributed by atoms with Gasteiger partial charge in [0.1, 0.15) is 6.61 Å². The van der Waals surface area contributed by atoms with Gasteiger partial charge in [-0.1, -0.05) is 23.2 Å². The quantitative estimate of drug-likeness (QED) is 0.606. The van der Waals surface area contributed by atoms with Gasteiger partial charge in [0.2, 0.25) is 0 Å². The number of benzene rings is 1. The number of esters is 1. The Hall–Kier alpha value is -1.89.